The van der Waals surface area contributed by atoms with E-state index in [2.05, 4.69) is 21.5 Å². The summed E-state index contributed by atoms with van der Waals surface area (Å²) < 4.78 is 12.1. The quantitative estimate of drug-likeness (QED) is 0.309. The standard InChI is InChI=1S/C28H23N5O3/c1-4-23(34)33(3)20-12-8-19(9-13-20)26-24(25-27(29)30-16-31-28(25)36-26)18-10-14-21(15-11-18)35-22-7-5-6-17(2)32-22/h4-16H,1H2,2-3H3,(H2,29,30,31). The Balaban J connectivity index is 1.56. The number of nitrogen functional groups attached to an aromatic ring is 1. The minimum Gasteiger partial charge on any atom is -0.439 e. The number of hydrogen-bond donors (Lipinski definition) is 1. The number of furan rings is 1. The Hall–Kier alpha value is -4.98. The van der Waals surface area contributed by atoms with Crippen LogP contribution in [0.15, 0.2) is 90.1 Å². The lowest BCUT2D eigenvalue weighted by molar-refractivity contribution is -0.113. The minimum absolute atomic E-state index is 0.196. The van der Waals surface area contributed by atoms with Crippen molar-refractivity contribution in [1.82, 2.24) is 15.0 Å². The second-order valence-corrected chi connectivity index (χ2v) is 8.14. The zero-order valence-electron chi connectivity index (χ0n) is 19.8. The molecule has 3 aromatic heterocycles. The van der Waals surface area contributed by atoms with Crippen LogP contribution in [0, 0.1) is 6.92 Å². The monoisotopic (exact) mass is 477 g/mol. The predicted octanol–water partition coefficient (Wildman–Crippen LogP) is 5.78. The third-order valence-corrected chi connectivity index (χ3v) is 5.77. The van der Waals surface area contributed by atoms with Crippen LogP contribution in [0.25, 0.3) is 33.6 Å². The number of benzene rings is 2. The first-order valence-electron chi connectivity index (χ1n) is 11.2. The van der Waals surface area contributed by atoms with E-state index >= 15 is 0 Å². The lowest BCUT2D eigenvalue weighted by Crippen LogP contribution is -2.23. The molecule has 3 heterocycles. The number of amides is 1. The van der Waals surface area contributed by atoms with Crippen LogP contribution in [-0.4, -0.2) is 27.9 Å². The predicted molar refractivity (Wildman–Crippen MR) is 140 cm³/mol. The highest BCUT2D eigenvalue weighted by molar-refractivity contribution is 6.05. The Kier molecular flexibility index (Phi) is 5.92. The highest BCUT2D eigenvalue weighted by Gasteiger charge is 2.21. The number of aryl methyl sites for hydroxylation is 1. The van der Waals surface area contributed by atoms with Crippen LogP contribution in [-0.2, 0) is 4.79 Å². The van der Waals surface area contributed by atoms with Gasteiger partial charge in [0.05, 0.1) is 5.39 Å². The first kappa shape index (κ1) is 22.8. The Bertz CT molecular complexity index is 1570. The van der Waals surface area contributed by atoms with Crippen molar-refractivity contribution in [1.29, 1.82) is 0 Å². The van der Waals surface area contributed by atoms with Crippen LogP contribution in [0.2, 0.25) is 0 Å². The van der Waals surface area contributed by atoms with Crippen LogP contribution in [0.1, 0.15) is 5.69 Å². The molecule has 1 amide bonds. The Morgan fingerprint density at radius 1 is 1.03 bits per heavy atom. The molecule has 0 saturated heterocycles. The summed E-state index contributed by atoms with van der Waals surface area (Å²) in [7, 11) is 1.69. The molecule has 0 spiro atoms. The van der Waals surface area contributed by atoms with Gasteiger partial charge in [0.25, 0.3) is 0 Å². The number of pyridine rings is 1. The highest BCUT2D eigenvalue weighted by atomic mass is 16.5. The van der Waals surface area contributed by atoms with Gasteiger partial charge in [-0.25, -0.2) is 15.0 Å². The third kappa shape index (κ3) is 4.27. The lowest BCUT2D eigenvalue weighted by atomic mass is 9.99. The largest absolute Gasteiger partial charge is 0.439 e. The van der Waals surface area contributed by atoms with Crippen molar-refractivity contribution in [3.05, 3.63) is 91.4 Å². The molecule has 0 aliphatic heterocycles. The number of hydrogen-bond acceptors (Lipinski definition) is 7. The molecule has 5 aromatic rings. The van der Waals surface area contributed by atoms with Gasteiger partial charge in [0.1, 0.15) is 23.7 Å². The van der Waals surface area contributed by atoms with Crippen molar-refractivity contribution < 1.29 is 13.9 Å². The van der Waals surface area contributed by atoms with E-state index in [0.29, 0.717) is 34.3 Å². The minimum atomic E-state index is -0.196. The summed E-state index contributed by atoms with van der Waals surface area (Å²) in [6.07, 6.45) is 2.65. The molecule has 0 atom stereocenters. The van der Waals surface area contributed by atoms with Crippen molar-refractivity contribution in [3.63, 3.8) is 0 Å². The van der Waals surface area contributed by atoms with Crippen LogP contribution in [0.3, 0.4) is 0 Å². The molecule has 0 aliphatic rings. The van der Waals surface area contributed by atoms with Crippen LogP contribution in [0.5, 0.6) is 11.6 Å². The molecule has 5 rings (SSSR count). The highest BCUT2D eigenvalue weighted by Crippen LogP contribution is 2.42. The SMILES string of the molecule is C=CC(=O)N(C)c1ccc(-c2oc3ncnc(N)c3c2-c2ccc(Oc3cccc(C)n3)cc2)cc1. The van der Waals surface area contributed by atoms with Crippen molar-refractivity contribution in [2.45, 2.75) is 6.92 Å². The summed E-state index contributed by atoms with van der Waals surface area (Å²) in [4.78, 5) is 26.3. The van der Waals surface area contributed by atoms with Crippen molar-refractivity contribution in [2.75, 3.05) is 17.7 Å². The lowest BCUT2D eigenvalue weighted by Gasteiger charge is -2.15. The van der Waals surface area contributed by atoms with Gasteiger partial charge in [0.2, 0.25) is 17.5 Å². The average Bonchev–Trinajstić information content (AvgIpc) is 3.29. The van der Waals surface area contributed by atoms with E-state index < -0.39 is 0 Å². The molecule has 0 saturated carbocycles. The van der Waals surface area contributed by atoms with Crippen molar-refractivity contribution in [3.8, 4) is 34.1 Å². The molecule has 8 heteroatoms. The van der Waals surface area contributed by atoms with Gasteiger partial charge < -0.3 is 19.8 Å². The first-order valence-corrected chi connectivity index (χ1v) is 11.2. The first-order chi connectivity index (χ1) is 17.4. The summed E-state index contributed by atoms with van der Waals surface area (Å²) in [5, 5.41) is 0.629. The summed E-state index contributed by atoms with van der Waals surface area (Å²) in [6, 6.07) is 20.6. The topological polar surface area (TPSA) is 107 Å². The number of carbonyl (C=O) groups is 1. The van der Waals surface area contributed by atoms with E-state index in [9.17, 15) is 4.79 Å². The fourth-order valence-electron chi connectivity index (χ4n) is 3.92. The van der Waals surface area contributed by atoms with Gasteiger partial charge in [-0.2, -0.15) is 0 Å². The van der Waals surface area contributed by atoms with Gasteiger partial charge in [-0.1, -0.05) is 24.8 Å². The number of aromatic nitrogens is 3. The molecule has 178 valence electrons. The number of nitrogens with zero attached hydrogens (tertiary/aromatic N) is 4. The van der Waals surface area contributed by atoms with Gasteiger partial charge in [-0.05, 0) is 61.0 Å². The maximum atomic E-state index is 12.0. The van der Waals surface area contributed by atoms with Gasteiger partial charge in [-0.3, -0.25) is 4.79 Å². The molecule has 0 radical (unpaired) electrons. The number of ether oxygens (including phenoxy) is 1. The molecule has 0 aliphatic carbocycles. The number of fused-ring (bicyclic) bond motifs is 1. The Labute approximate surface area is 207 Å². The van der Waals surface area contributed by atoms with Crippen molar-refractivity contribution in [2.24, 2.45) is 0 Å². The average molecular weight is 478 g/mol. The second kappa shape index (κ2) is 9.34. The number of anilines is 2. The molecule has 2 aromatic carbocycles. The van der Waals surface area contributed by atoms with Crippen LogP contribution >= 0.6 is 0 Å². The summed E-state index contributed by atoms with van der Waals surface area (Å²) in [5.41, 5.74) is 10.7. The van der Waals surface area contributed by atoms with Gasteiger partial charge in [0, 0.05) is 35.6 Å². The number of rotatable bonds is 6. The number of nitrogens with two attached hydrogens (primary N) is 1. The van der Waals surface area contributed by atoms with Crippen LogP contribution in [0.4, 0.5) is 11.5 Å². The Morgan fingerprint density at radius 3 is 2.44 bits per heavy atom. The zero-order chi connectivity index (χ0) is 25.2. The van der Waals surface area contributed by atoms with E-state index in [1.54, 1.807) is 7.05 Å². The number of carbonyl (C=O) groups excluding carboxylic acids is 1. The van der Waals surface area contributed by atoms with Crippen molar-refractivity contribution >= 4 is 28.5 Å². The summed E-state index contributed by atoms with van der Waals surface area (Å²) >= 11 is 0. The normalized spacial score (nSPS) is 10.8. The fraction of sp³-hybridized carbons (Fsp3) is 0.0714. The van der Waals surface area contributed by atoms with Gasteiger partial charge in [0.15, 0.2) is 0 Å². The second-order valence-electron chi connectivity index (χ2n) is 8.14. The maximum Gasteiger partial charge on any atom is 0.250 e. The fourth-order valence-corrected chi connectivity index (χ4v) is 3.92. The van der Waals surface area contributed by atoms with E-state index in [-0.39, 0.29) is 5.91 Å². The zero-order valence-corrected chi connectivity index (χ0v) is 19.8. The van der Waals surface area contributed by atoms with E-state index in [1.807, 2.05) is 73.7 Å². The molecule has 36 heavy (non-hydrogen) atoms. The molecule has 0 unspecified atom stereocenters. The molecule has 0 fully saturated rings. The molecule has 0 bridgehead atoms. The van der Waals surface area contributed by atoms with E-state index in [4.69, 9.17) is 14.9 Å². The van der Waals surface area contributed by atoms with Crippen LogP contribution < -0.4 is 15.4 Å². The summed E-state index contributed by atoms with van der Waals surface area (Å²) in [5.74, 6) is 1.89. The molecule has 8 nitrogen and oxygen atoms in total. The van der Waals surface area contributed by atoms with Gasteiger partial charge in [-0.15, -0.1) is 0 Å². The molecular formula is C28H23N5O3. The van der Waals surface area contributed by atoms with E-state index in [0.717, 1.165) is 28.1 Å². The molecule has 2 N–H and O–H groups in total. The maximum absolute atomic E-state index is 12.0. The molecular weight excluding hydrogens is 454 g/mol. The smallest absolute Gasteiger partial charge is 0.250 e. The van der Waals surface area contributed by atoms with E-state index in [1.165, 1.54) is 17.3 Å². The number of likely N-dealkylation sites (N-methyl/N-ethyl adjacent to an activating group) is 1. The Morgan fingerprint density at radius 2 is 1.75 bits per heavy atom. The van der Waals surface area contributed by atoms with Gasteiger partial charge >= 0.3 is 0 Å². The summed E-state index contributed by atoms with van der Waals surface area (Å²) in [6.45, 7) is 5.45. The third-order valence-electron chi connectivity index (χ3n) is 5.77.